The summed E-state index contributed by atoms with van der Waals surface area (Å²) in [5, 5.41) is 13.0. The summed E-state index contributed by atoms with van der Waals surface area (Å²) in [5.41, 5.74) is -0.819. The number of aliphatic carboxylic acids is 1. The van der Waals surface area contributed by atoms with Crippen molar-refractivity contribution in [1.82, 2.24) is 19.3 Å². The molecule has 0 aliphatic carbocycles. The molecule has 1 aliphatic heterocycles. The molecule has 3 rings (SSSR count). The highest BCUT2D eigenvalue weighted by atomic mass is 35.5. The molecule has 0 saturated heterocycles. The summed E-state index contributed by atoms with van der Waals surface area (Å²) in [6.07, 6.45) is -5.12. The van der Waals surface area contributed by atoms with Gasteiger partial charge >= 0.3 is 17.8 Å². The van der Waals surface area contributed by atoms with Crippen molar-refractivity contribution in [2.45, 2.75) is 31.6 Å². The van der Waals surface area contributed by atoms with E-state index in [9.17, 15) is 32.3 Å². The quantitative estimate of drug-likeness (QED) is 0.804. The minimum atomic E-state index is -4.61. The average molecular weight is 395 g/mol. The Bertz CT molecular complexity index is 924. The lowest BCUT2D eigenvalue weighted by Crippen LogP contribution is -2.40. The molecule has 2 aromatic rings. The molecule has 26 heavy (non-hydrogen) atoms. The second-order valence-electron chi connectivity index (χ2n) is 5.84. The number of nitrogens with zero attached hydrogens (tertiary/aromatic N) is 4. The zero-order chi connectivity index (χ0) is 19.2. The molecule has 12 heteroatoms. The topological polar surface area (TPSA) is 90.0 Å². The Morgan fingerprint density at radius 3 is 2.69 bits per heavy atom. The molecule has 0 aromatic carbocycles. The number of alkyl halides is 3. The van der Waals surface area contributed by atoms with Gasteiger partial charge < -0.3 is 5.11 Å². The van der Waals surface area contributed by atoms with E-state index in [1.54, 1.807) is 0 Å². The molecular weight excluding hydrogens is 384 g/mol. The van der Waals surface area contributed by atoms with Crippen LogP contribution in [0.5, 0.6) is 0 Å². The first-order valence-corrected chi connectivity index (χ1v) is 7.73. The molecule has 2 aromatic heterocycles. The normalized spacial score (nSPS) is 20.0. The van der Waals surface area contributed by atoms with Crippen LogP contribution in [0.3, 0.4) is 0 Å². The van der Waals surface area contributed by atoms with Gasteiger partial charge in [0.05, 0.1) is 29.4 Å². The van der Waals surface area contributed by atoms with Crippen LogP contribution < -0.4 is 5.69 Å². The third-order valence-electron chi connectivity index (χ3n) is 4.12. The van der Waals surface area contributed by atoms with Gasteiger partial charge in [-0.05, 0) is 12.5 Å². The van der Waals surface area contributed by atoms with Gasteiger partial charge in [-0.3, -0.25) is 9.55 Å². The van der Waals surface area contributed by atoms with E-state index in [2.05, 4.69) is 10.1 Å². The van der Waals surface area contributed by atoms with Crippen LogP contribution in [0.25, 0.3) is 0 Å². The van der Waals surface area contributed by atoms with E-state index in [4.69, 9.17) is 11.6 Å². The highest BCUT2D eigenvalue weighted by Crippen LogP contribution is 2.38. The van der Waals surface area contributed by atoms with E-state index < -0.39 is 48.5 Å². The summed E-state index contributed by atoms with van der Waals surface area (Å²) < 4.78 is 53.7. The number of halogens is 5. The molecule has 1 aliphatic rings. The van der Waals surface area contributed by atoms with Crippen LogP contribution in [-0.4, -0.2) is 36.6 Å². The van der Waals surface area contributed by atoms with Gasteiger partial charge in [0.2, 0.25) is 0 Å². The van der Waals surface area contributed by atoms with Gasteiger partial charge in [0, 0.05) is 6.42 Å². The molecule has 0 radical (unpaired) electrons. The Morgan fingerprint density at radius 1 is 1.42 bits per heavy atom. The predicted octanol–water partition coefficient (Wildman–Crippen LogP) is 2.03. The fourth-order valence-electron chi connectivity index (χ4n) is 2.86. The highest BCUT2D eigenvalue weighted by Gasteiger charge is 2.47. The maximum absolute atomic E-state index is 13.0. The number of carboxylic acid groups (broad SMARTS) is 1. The average Bonchev–Trinajstić information content (AvgIpc) is 2.84. The van der Waals surface area contributed by atoms with Gasteiger partial charge in [-0.1, -0.05) is 11.6 Å². The van der Waals surface area contributed by atoms with E-state index in [1.807, 2.05) is 0 Å². The molecule has 2 atom stereocenters. The van der Waals surface area contributed by atoms with Crippen LogP contribution in [0.2, 0.25) is 5.02 Å². The second kappa shape index (κ2) is 6.38. The number of aromatic nitrogens is 4. The summed E-state index contributed by atoms with van der Waals surface area (Å²) in [5.74, 6) is -4.46. The van der Waals surface area contributed by atoms with Gasteiger partial charge in [-0.15, -0.1) is 0 Å². The third kappa shape index (κ3) is 3.30. The first-order chi connectivity index (χ1) is 12.1. The maximum atomic E-state index is 13.0. The summed E-state index contributed by atoms with van der Waals surface area (Å²) in [7, 11) is 0. The minimum Gasteiger partial charge on any atom is -0.480 e. The van der Waals surface area contributed by atoms with Crippen molar-refractivity contribution in [2.75, 3.05) is 0 Å². The Morgan fingerprint density at radius 2 is 2.12 bits per heavy atom. The summed E-state index contributed by atoms with van der Waals surface area (Å²) in [6.45, 7) is -0.332. The monoisotopic (exact) mass is 394 g/mol. The molecule has 0 saturated carbocycles. The SMILES string of the molecule is O=C(O)C1CC(C(F)(F)F)Cc2nn(Cc3ncc(F)cc3Cl)c(=O)n21. The first-order valence-electron chi connectivity index (χ1n) is 7.35. The lowest BCUT2D eigenvalue weighted by Gasteiger charge is -2.28. The lowest BCUT2D eigenvalue weighted by atomic mass is 9.92. The number of carbonyl (C=O) groups is 1. The number of carboxylic acids is 1. The largest absolute Gasteiger partial charge is 0.480 e. The van der Waals surface area contributed by atoms with Crippen molar-refractivity contribution in [3.05, 3.63) is 45.1 Å². The van der Waals surface area contributed by atoms with Crippen molar-refractivity contribution < 1.29 is 27.5 Å². The van der Waals surface area contributed by atoms with Crippen LogP contribution in [-0.2, 0) is 17.8 Å². The number of hydrogen-bond acceptors (Lipinski definition) is 4. The van der Waals surface area contributed by atoms with Crippen molar-refractivity contribution in [1.29, 1.82) is 0 Å². The van der Waals surface area contributed by atoms with Gasteiger partial charge in [0.15, 0.2) is 0 Å². The smallest absolute Gasteiger partial charge is 0.392 e. The molecule has 1 N–H and O–H groups in total. The molecule has 0 spiro atoms. The van der Waals surface area contributed by atoms with E-state index in [-0.39, 0.29) is 23.1 Å². The molecule has 0 fully saturated rings. The minimum absolute atomic E-state index is 0.0739. The molecule has 7 nitrogen and oxygen atoms in total. The number of rotatable bonds is 3. The van der Waals surface area contributed by atoms with Crippen LogP contribution >= 0.6 is 11.6 Å². The van der Waals surface area contributed by atoms with E-state index in [1.165, 1.54) is 0 Å². The Kier molecular flexibility index (Phi) is 4.51. The number of fused-ring (bicyclic) bond motifs is 1. The van der Waals surface area contributed by atoms with Crippen molar-refractivity contribution >= 4 is 17.6 Å². The highest BCUT2D eigenvalue weighted by molar-refractivity contribution is 6.31. The first kappa shape index (κ1) is 18.4. The number of hydrogen-bond donors (Lipinski definition) is 1. The maximum Gasteiger partial charge on any atom is 0.392 e. The van der Waals surface area contributed by atoms with Gasteiger partial charge in [-0.2, -0.15) is 18.3 Å². The molecule has 0 bridgehead atoms. The Hall–Kier alpha value is -2.43. The lowest BCUT2D eigenvalue weighted by molar-refractivity contribution is -0.183. The molecule has 140 valence electrons. The summed E-state index contributed by atoms with van der Waals surface area (Å²) in [6, 6.07) is -0.715. The zero-order valence-electron chi connectivity index (χ0n) is 12.9. The fourth-order valence-corrected chi connectivity index (χ4v) is 3.07. The van der Waals surface area contributed by atoms with Crippen LogP contribution in [0, 0.1) is 11.7 Å². The van der Waals surface area contributed by atoms with Crippen LogP contribution in [0.1, 0.15) is 24.0 Å². The fraction of sp³-hybridized carbons (Fsp3) is 0.429. The summed E-state index contributed by atoms with van der Waals surface area (Å²) in [4.78, 5) is 27.5. The molecule has 0 amide bonds. The standard InChI is InChI=1S/C14H11ClF4N4O3/c15-8-3-7(16)4-20-9(8)5-22-13(26)23-10(12(24)25)1-6(14(17,18)19)2-11(23)21-22/h3-4,6,10H,1-2,5H2,(H,24,25). The Labute approximate surface area is 147 Å². The van der Waals surface area contributed by atoms with Crippen molar-refractivity contribution in [2.24, 2.45) is 5.92 Å². The van der Waals surface area contributed by atoms with E-state index in [0.29, 0.717) is 0 Å². The van der Waals surface area contributed by atoms with Gasteiger partial charge in [0.1, 0.15) is 17.7 Å². The van der Waals surface area contributed by atoms with Crippen molar-refractivity contribution in [3.63, 3.8) is 0 Å². The Balaban J connectivity index is 2.02. The molecular formula is C14H11ClF4N4O3. The van der Waals surface area contributed by atoms with Gasteiger partial charge in [-0.25, -0.2) is 18.7 Å². The van der Waals surface area contributed by atoms with Crippen molar-refractivity contribution in [3.8, 4) is 0 Å². The van der Waals surface area contributed by atoms with Crippen LogP contribution in [0.15, 0.2) is 17.1 Å². The van der Waals surface area contributed by atoms with Gasteiger partial charge in [0.25, 0.3) is 0 Å². The van der Waals surface area contributed by atoms with Crippen LogP contribution in [0.4, 0.5) is 17.6 Å². The number of pyridine rings is 1. The predicted molar refractivity (Wildman–Crippen MR) is 79.3 cm³/mol. The summed E-state index contributed by atoms with van der Waals surface area (Å²) >= 11 is 5.83. The zero-order valence-corrected chi connectivity index (χ0v) is 13.6. The second-order valence-corrected chi connectivity index (χ2v) is 6.25. The third-order valence-corrected chi connectivity index (χ3v) is 4.45. The molecule has 2 unspecified atom stereocenters. The molecule has 3 heterocycles. The van der Waals surface area contributed by atoms with E-state index in [0.717, 1.165) is 21.5 Å². The van der Waals surface area contributed by atoms with E-state index >= 15 is 0 Å².